The Labute approximate surface area is 239 Å². The van der Waals surface area contributed by atoms with E-state index < -0.39 is 8.60 Å². The average molecular weight is 549 g/mol. The molecule has 4 heteroatoms. The number of hydrogen-bond donors (Lipinski definition) is 0. The van der Waals surface area contributed by atoms with E-state index in [1.807, 2.05) is 18.2 Å². The fourth-order valence-electron chi connectivity index (χ4n) is 4.26. The maximum absolute atomic E-state index is 6.65. The molecule has 0 bridgehead atoms. The van der Waals surface area contributed by atoms with Crippen LogP contribution in [-0.4, -0.2) is 0 Å². The third-order valence-corrected chi connectivity index (χ3v) is 7.86. The van der Waals surface area contributed by atoms with E-state index in [4.69, 9.17) is 13.6 Å². The summed E-state index contributed by atoms with van der Waals surface area (Å²) in [4.78, 5) is 0. The van der Waals surface area contributed by atoms with Gasteiger partial charge in [-0.3, -0.25) is 4.52 Å². The Morgan fingerprint density at radius 2 is 0.923 bits per heavy atom. The molecular formula is C35H49O3P. The molecule has 0 amide bonds. The fraction of sp³-hybridized carbons (Fsp3) is 0.486. The normalized spacial score (nSPS) is 13.1. The molecule has 0 atom stereocenters. The van der Waals surface area contributed by atoms with Crippen LogP contribution < -0.4 is 9.05 Å². The molecule has 0 unspecified atom stereocenters. The van der Waals surface area contributed by atoms with Crippen LogP contribution in [0.3, 0.4) is 0 Å². The summed E-state index contributed by atoms with van der Waals surface area (Å²) in [6.07, 6.45) is 0. The van der Waals surface area contributed by atoms with Gasteiger partial charge in [-0.1, -0.05) is 138 Å². The second-order valence-corrected chi connectivity index (χ2v) is 15.7. The van der Waals surface area contributed by atoms with E-state index in [1.54, 1.807) is 0 Å². The molecule has 3 aromatic rings. The van der Waals surface area contributed by atoms with Gasteiger partial charge >= 0.3 is 8.60 Å². The highest BCUT2D eigenvalue weighted by molar-refractivity contribution is 7.42. The van der Waals surface area contributed by atoms with E-state index in [2.05, 4.69) is 132 Å². The van der Waals surface area contributed by atoms with Crippen molar-refractivity contribution in [3.05, 3.63) is 94.5 Å². The molecule has 0 fully saturated rings. The third-order valence-electron chi connectivity index (χ3n) is 6.83. The van der Waals surface area contributed by atoms with Crippen LogP contribution in [0.1, 0.15) is 111 Å². The molecule has 0 saturated heterocycles. The van der Waals surface area contributed by atoms with Crippen molar-refractivity contribution in [2.75, 3.05) is 0 Å². The zero-order valence-electron chi connectivity index (χ0n) is 26.2. The highest BCUT2D eigenvalue weighted by Crippen LogP contribution is 2.48. The Morgan fingerprint density at radius 3 is 1.28 bits per heavy atom. The van der Waals surface area contributed by atoms with Crippen molar-refractivity contribution in [2.45, 2.75) is 111 Å². The Balaban J connectivity index is 2.04. The quantitative estimate of drug-likeness (QED) is 0.275. The smallest absolute Gasteiger partial charge is 0.417 e. The molecule has 0 aliphatic rings. The highest BCUT2D eigenvalue weighted by Gasteiger charge is 2.29. The summed E-state index contributed by atoms with van der Waals surface area (Å²) in [7, 11) is -1.74. The van der Waals surface area contributed by atoms with Gasteiger partial charge < -0.3 is 9.05 Å². The van der Waals surface area contributed by atoms with Crippen LogP contribution in [0.15, 0.2) is 66.7 Å². The van der Waals surface area contributed by atoms with Crippen molar-refractivity contribution >= 4 is 8.60 Å². The Hall–Kier alpha value is -2.35. The lowest BCUT2D eigenvalue weighted by Gasteiger charge is -2.30. The van der Waals surface area contributed by atoms with Gasteiger partial charge in [0.05, 0.1) is 6.61 Å². The summed E-state index contributed by atoms with van der Waals surface area (Å²) in [5, 5.41) is 0. The van der Waals surface area contributed by atoms with Gasteiger partial charge in [0, 0.05) is 11.1 Å². The number of benzene rings is 3. The topological polar surface area (TPSA) is 27.7 Å². The second kappa shape index (κ2) is 11.6. The van der Waals surface area contributed by atoms with Gasteiger partial charge in [0.2, 0.25) is 0 Å². The van der Waals surface area contributed by atoms with E-state index in [-0.39, 0.29) is 21.7 Å². The van der Waals surface area contributed by atoms with Crippen molar-refractivity contribution in [1.29, 1.82) is 0 Å². The lowest BCUT2D eigenvalue weighted by molar-refractivity contribution is 0.253. The first-order valence-electron chi connectivity index (χ1n) is 14.0. The lowest BCUT2D eigenvalue weighted by Crippen LogP contribution is -2.18. The lowest BCUT2D eigenvalue weighted by atomic mass is 9.80. The Bertz CT molecular complexity index is 1160. The zero-order valence-corrected chi connectivity index (χ0v) is 27.1. The molecule has 0 radical (unpaired) electrons. The van der Waals surface area contributed by atoms with Crippen LogP contribution in [0.4, 0.5) is 0 Å². The summed E-state index contributed by atoms with van der Waals surface area (Å²) < 4.78 is 19.7. The summed E-state index contributed by atoms with van der Waals surface area (Å²) >= 11 is 0. The zero-order chi connectivity index (χ0) is 29.2. The molecule has 0 aliphatic carbocycles. The minimum Gasteiger partial charge on any atom is -0.417 e. The van der Waals surface area contributed by atoms with Crippen LogP contribution in [-0.2, 0) is 32.8 Å². The molecule has 0 spiro atoms. The first kappa shape index (κ1) is 31.2. The average Bonchev–Trinajstić information content (AvgIpc) is 2.81. The van der Waals surface area contributed by atoms with E-state index in [0.717, 1.165) is 28.2 Å². The van der Waals surface area contributed by atoms with Crippen LogP contribution in [0.2, 0.25) is 0 Å². The van der Waals surface area contributed by atoms with Gasteiger partial charge in [-0.05, 0) is 50.5 Å². The number of hydrogen-bond acceptors (Lipinski definition) is 3. The van der Waals surface area contributed by atoms with Crippen LogP contribution in [0.25, 0.3) is 0 Å². The molecule has 0 aromatic heterocycles. The van der Waals surface area contributed by atoms with Gasteiger partial charge in [-0.2, -0.15) is 0 Å². The Kier molecular flexibility index (Phi) is 9.30. The largest absolute Gasteiger partial charge is 0.463 e. The number of rotatable bonds is 7. The van der Waals surface area contributed by atoms with Gasteiger partial charge in [0.1, 0.15) is 11.5 Å². The molecule has 3 aromatic carbocycles. The summed E-state index contributed by atoms with van der Waals surface area (Å²) in [5.41, 5.74) is 5.80. The molecule has 0 N–H and O–H groups in total. The molecule has 3 rings (SSSR count). The van der Waals surface area contributed by atoms with Crippen molar-refractivity contribution in [3.63, 3.8) is 0 Å². The second-order valence-electron chi connectivity index (χ2n) is 14.6. The van der Waals surface area contributed by atoms with E-state index in [0.29, 0.717) is 6.61 Å². The van der Waals surface area contributed by atoms with Gasteiger partial charge in [0.25, 0.3) is 0 Å². The fourth-order valence-corrected chi connectivity index (χ4v) is 5.29. The van der Waals surface area contributed by atoms with Crippen LogP contribution in [0.5, 0.6) is 11.5 Å². The summed E-state index contributed by atoms with van der Waals surface area (Å²) in [6.45, 7) is 27.2. The first-order valence-corrected chi connectivity index (χ1v) is 15.1. The predicted octanol–water partition coefficient (Wildman–Crippen LogP) is 10.8. The standard InChI is InChI=1S/C35H49O3P/c1-32(2,3)26-18-20-30(28(22-26)34(7,8)9)37-39(36-24-25-16-14-13-15-17-25)38-31-21-19-27(33(4,5)6)23-29(31)35(10,11)12/h13-23H,24H2,1-12H3. The van der Waals surface area contributed by atoms with Gasteiger partial charge in [-0.25, -0.2) is 0 Å². The monoisotopic (exact) mass is 548 g/mol. The highest BCUT2D eigenvalue weighted by atomic mass is 31.2. The van der Waals surface area contributed by atoms with Crippen LogP contribution >= 0.6 is 8.60 Å². The maximum Gasteiger partial charge on any atom is 0.463 e. The Morgan fingerprint density at radius 1 is 0.513 bits per heavy atom. The first-order chi connectivity index (χ1) is 17.9. The molecule has 212 valence electrons. The third kappa shape index (κ3) is 8.57. The molecule has 0 aliphatic heterocycles. The molecule has 0 heterocycles. The van der Waals surface area contributed by atoms with E-state index >= 15 is 0 Å². The van der Waals surface area contributed by atoms with Crippen LogP contribution in [0, 0.1) is 0 Å². The minimum absolute atomic E-state index is 0.0417. The molecule has 39 heavy (non-hydrogen) atoms. The SMILES string of the molecule is CC(C)(C)c1ccc(OP(OCc2ccccc2)Oc2ccc(C(C)(C)C)cc2C(C)(C)C)c(C(C)(C)C)c1. The molecule has 3 nitrogen and oxygen atoms in total. The van der Waals surface area contributed by atoms with Crippen molar-refractivity contribution in [1.82, 2.24) is 0 Å². The molecule has 0 saturated carbocycles. The minimum atomic E-state index is -1.74. The van der Waals surface area contributed by atoms with Crippen molar-refractivity contribution < 1.29 is 13.6 Å². The van der Waals surface area contributed by atoms with Crippen molar-refractivity contribution in [2.24, 2.45) is 0 Å². The van der Waals surface area contributed by atoms with Gasteiger partial charge in [-0.15, -0.1) is 0 Å². The summed E-state index contributed by atoms with van der Waals surface area (Å²) in [5.74, 6) is 1.61. The maximum atomic E-state index is 6.65. The van der Waals surface area contributed by atoms with Crippen molar-refractivity contribution in [3.8, 4) is 11.5 Å². The molecular weight excluding hydrogens is 499 g/mol. The summed E-state index contributed by atoms with van der Waals surface area (Å²) in [6, 6.07) is 23.2. The predicted molar refractivity (Wildman–Crippen MR) is 167 cm³/mol. The van der Waals surface area contributed by atoms with E-state index in [9.17, 15) is 0 Å². The van der Waals surface area contributed by atoms with E-state index in [1.165, 1.54) is 11.1 Å². The van der Waals surface area contributed by atoms with Gasteiger partial charge in [0.15, 0.2) is 0 Å².